The molecule has 2 aromatic rings. The molecule has 0 amide bonds. The minimum Gasteiger partial charge on any atom is -0.381 e. The molecular formula is C15H20N2S. The fourth-order valence-electron chi connectivity index (χ4n) is 1.95. The van der Waals surface area contributed by atoms with E-state index in [9.17, 15) is 0 Å². The normalized spacial score (nSPS) is 10.4. The van der Waals surface area contributed by atoms with Crippen LogP contribution < -0.4 is 10.2 Å². The predicted octanol–water partition coefficient (Wildman–Crippen LogP) is 4.04. The SMILES string of the molecule is Cc1cc(CNc2cccc(N(C)C)c2)c(C)s1. The number of rotatable bonds is 4. The Morgan fingerprint density at radius 2 is 1.94 bits per heavy atom. The largest absolute Gasteiger partial charge is 0.381 e. The van der Waals surface area contributed by atoms with Crippen LogP contribution in [-0.2, 0) is 6.54 Å². The van der Waals surface area contributed by atoms with Crippen molar-refractivity contribution in [2.45, 2.75) is 20.4 Å². The highest BCUT2D eigenvalue weighted by atomic mass is 32.1. The second-order valence-electron chi connectivity index (χ2n) is 4.74. The van der Waals surface area contributed by atoms with Crippen LogP contribution in [0.4, 0.5) is 11.4 Å². The topological polar surface area (TPSA) is 15.3 Å². The van der Waals surface area contributed by atoms with Gasteiger partial charge in [-0.15, -0.1) is 11.3 Å². The van der Waals surface area contributed by atoms with Crippen LogP contribution in [0, 0.1) is 13.8 Å². The first kappa shape index (κ1) is 13.0. The summed E-state index contributed by atoms with van der Waals surface area (Å²) in [5.74, 6) is 0. The molecule has 0 saturated heterocycles. The molecule has 1 aromatic carbocycles. The average Bonchev–Trinajstić information content (AvgIpc) is 2.65. The van der Waals surface area contributed by atoms with Crippen molar-refractivity contribution in [1.29, 1.82) is 0 Å². The molecule has 1 heterocycles. The van der Waals surface area contributed by atoms with Crippen molar-refractivity contribution in [3.05, 3.63) is 45.6 Å². The Hall–Kier alpha value is -1.48. The fourth-order valence-corrected chi connectivity index (χ4v) is 2.90. The second kappa shape index (κ2) is 5.44. The van der Waals surface area contributed by atoms with Crippen LogP contribution in [-0.4, -0.2) is 14.1 Å². The molecule has 0 aliphatic rings. The third kappa shape index (κ3) is 3.05. The van der Waals surface area contributed by atoms with Crippen molar-refractivity contribution in [3.63, 3.8) is 0 Å². The van der Waals surface area contributed by atoms with Crippen molar-refractivity contribution in [1.82, 2.24) is 0 Å². The number of hydrogen-bond donors (Lipinski definition) is 1. The van der Waals surface area contributed by atoms with Crippen molar-refractivity contribution < 1.29 is 0 Å². The smallest absolute Gasteiger partial charge is 0.0411 e. The molecule has 0 aliphatic heterocycles. The lowest BCUT2D eigenvalue weighted by Crippen LogP contribution is -2.09. The van der Waals surface area contributed by atoms with E-state index in [2.05, 4.69) is 68.5 Å². The second-order valence-corrected chi connectivity index (χ2v) is 6.20. The minimum atomic E-state index is 0.896. The summed E-state index contributed by atoms with van der Waals surface area (Å²) < 4.78 is 0. The van der Waals surface area contributed by atoms with Gasteiger partial charge in [0.15, 0.2) is 0 Å². The van der Waals surface area contributed by atoms with Crippen LogP contribution in [0.15, 0.2) is 30.3 Å². The quantitative estimate of drug-likeness (QED) is 0.892. The first-order valence-corrected chi connectivity index (χ1v) is 6.95. The highest BCUT2D eigenvalue weighted by Gasteiger charge is 2.03. The Balaban J connectivity index is 2.06. The Morgan fingerprint density at radius 1 is 1.17 bits per heavy atom. The summed E-state index contributed by atoms with van der Waals surface area (Å²) in [7, 11) is 4.12. The van der Waals surface area contributed by atoms with Gasteiger partial charge in [-0.25, -0.2) is 0 Å². The zero-order valence-corrected chi connectivity index (χ0v) is 12.3. The molecule has 2 rings (SSSR count). The molecule has 1 N–H and O–H groups in total. The van der Waals surface area contributed by atoms with Crippen LogP contribution in [0.1, 0.15) is 15.3 Å². The first-order chi connectivity index (χ1) is 8.56. The van der Waals surface area contributed by atoms with E-state index in [0.29, 0.717) is 0 Å². The zero-order chi connectivity index (χ0) is 13.1. The zero-order valence-electron chi connectivity index (χ0n) is 11.4. The van der Waals surface area contributed by atoms with Crippen LogP contribution in [0.25, 0.3) is 0 Å². The average molecular weight is 260 g/mol. The molecule has 0 radical (unpaired) electrons. The standard InChI is InChI=1S/C15H20N2S/c1-11-8-13(12(2)18-11)10-16-14-6-5-7-15(9-14)17(3)4/h5-9,16H,10H2,1-4H3. The van der Waals surface area contributed by atoms with E-state index in [4.69, 9.17) is 0 Å². The lowest BCUT2D eigenvalue weighted by atomic mass is 10.2. The molecule has 0 aliphatic carbocycles. The van der Waals surface area contributed by atoms with Crippen molar-refractivity contribution >= 4 is 22.7 Å². The maximum Gasteiger partial charge on any atom is 0.0411 e. The summed E-state index contributed by atoms with van der Waals surface area (Å²) in [6.07, 6.45) is 0. The molecule has 18 heavy (non-hydrogen) atoms. The van der Waals surface area contributed by atoms with E-state index in [1.807, 2.05) is 11.3 Å². The number of aryl methyl sites for hydroxylation is 2. The molecule has 3 heteroatoms. The Morgan fingerprint density at radius 3 is 2.56 bits per heavy atom. The Kier molecular flexibility index (Phi) is 3.92. The van der Waals surface area contributed by atoms with Gasteiger partial charge in [-0.3, -0.25) is 0 Å². The Bertz CT molecular complexity index is 529. The minimum absolute atomic E-state index is 0.896. The molecular weight excluding hydrogens is 240 g/mol. The van der Waals surface area contributed by atoms with Crippen LogP contribution >= 0.6 is 11.3 Å². The maximum atomic E-state index is 3.49. The highest BCUT2D eigenvalue weighted by molar-refractivity contribution is 7.12. The van der Waals surface area contributed by atoms with Gasteiger partial charge in [-0.05, 0) is 43.7 Å². The maximum absolute atomic E-state index is 3.49. The Labute approximate surface area is 113 Å². The van der Waals surface area contributed by atoms with E-state index in [1.54, 1.807) is 0 Å². The molecule has 0 atom stereocenters. The molecule has 0 saturated carbocycles. The summed E-state index contributed by atoms with van der Waals surface area (Å²) in [5, 5.41) is 3.49. The van der Waals surface area contributed by atoms with E-state index in [1.165, 1.54) is 26.7 Å². The summed E-state index contributed by atoms with van der Waals surface area (Å²) >= 11 is 1.86. The summed E-state index contributed by atoms with van der Waals surface area (Å²) in [4.78, 5) is 4.90. The van der Waals surface area contributed by atoms with Crippen molar-refractivity contribution in [2.24, 2.45) is 0 Å². The van der Waals surface area contributed by atoms with Gasteiger partial charge < -0.3 is 10.2 Å². The molecule has 1 aromatic heterocycles. The molecule has 2 nitrogen and oxygen atoms in total. The molecule has 0 fully saturated rings. The van der Waals surface area contributed by atoms with Crippen LogP contribution in [0.5, 0.6) is 0 Å². The fraction of sp³-hybridized carbons (Fsp3) is 0.333. The third-order valence-corrected chi connectivity index (χ3v) is 4.00. The summed E-state index contributed by atoms with van der Waals surface area (Å²) in [6, 6.07) is 10.8. The molecule has 96 valence electrons. The molecule has 0 bridgehead atoms. The number of hydrogen-bond acceptors (Lipinski definition) is 3. The van der Waals surface area contributed by atoms with Gasteiger partial charge in [0.25, 0.3) is 0 Å². The van der Waals surface area contributed by atoms with Gasteiger partial charge in [-0.1, -0.05) is 6.07 Å². The number of nitrogens with one attached hydrogen (secondary N) is 1. The highest BCUT2D eigenvalue weighted by Crippen LogP contribution is 2.23. The summed E-state index contributed by atoms with van der Waals surface area (Å²) in [6.45, 7) is 5.24. The molecule has 0 spiro atoms. The van der Waals surface area contributed by atoms with Crippen LogP contribution in [0.2, 0.25) is 0 Å². The van der Waals surface area contributed by atoms with Crippen molar-refractivity contribution in [3.8, 4) is 0 Å². The lowest BCUT2D eigenvalue weighted by molar-refractivity contribution is 1.12. The number of benzene rings is 1. The number of thiophene rings is 1. The van der Waals surface area contributed by atoms with Crippen LogP contribution in [0.3, 0.4) is 0 Å². The summed E-state index contributed by atoms with van der Waals surface area (Å²) in [5.41, 5.74) is 3.79. The predicted molar refractivity (Wildman–Crippen MR) is 81.9 cm³/mol. The van der Waals surface area contributed by atoms with E-state index < -0.39 is 0 Å². The number of nitrogens with zero attached hydrogens (tertiary/aromatic N) is 1. The van der Waals surface area contributed by atoms with Gasteiger partial charge in [-0.2, -0.15) is 0 Å². The van der Waals surface area contributed by atoms with Gasteiger partial charge >= 0.3 is 0 Å². The van der Waals surface area contributed by atoms with E-state index >= 15 is 0 Å². The molecule has 0 unspecified atom stereocenters. The monoisotopic (exact) mass is 260 g/mol. The van der Waals surface area contributed by atoms with Crippen molar-refractivity contribution in [2.75, 3.05) is 24.3 Å². The van der Waals surface area contributed by atoms with Gasteiger partial charge in [0.2, 0.25) is 0 Å². The van der Waals surface area contributed by atoms with Gasteiger partial charge in [0.1, 0.15) is 0 Å². The number of anilines is 2. The first-order valence-electron chi connectivity index (χ1n) is 6.13. The lowest BCUT2D eigenvalue weighted by Gasteiger charge is -2.14. The van der Waals surface area contributed by atoms with Gasteiger partial charge in [0.05, 0.1) is 0 Å². The third-order valence-electron chi connectivity index (χ3n) is 2.99. The van der Waals surface area contributed by atoms with Gasteiger partial charge in [0, 0.05) is 41.8 Å². The van der Waals surface area contributed by atoms with E-state index in [0.717, 1.165) is 6.54 Å². The van der Waals surface area contributed by atoms with E-state index in [-0.39, 0.29) is 0 Å².